The molecule has 0 spiro atoms. The van der Waals surface area contributed by atoms with Crippen LogP contribution in [-0.4, -0.2) is 19.1 Å². The summed E-state index contributed by atoms with van der Waals surface area (Å²) in [6, 6.07) is 0.223. The molecule has 4 nitrogen and oxygen atoms in total. The molecule has 0 rings (SSSR count). The Labute approximate surface area is 74.4 Å². The minimum absolute atomic E-state index is 0.223. The Kier molecular flexibility index (Phi) is 8.10. The number of hydrogen-bond donors (Lipinski definition) is 4. The molecule has 6 N–H and O–H groups in total. The average molecular weight is 172 g/mol. The lowest BCUT2D eigenvalue weighted by atomic mass is 10.1. The molecular formula is C8H20N4. The van der Waals surface area contributed by atoms with Gasteiger partial charge in [-0.05, 0) is 19.0 Å². The van der Waals surface area contributed by atoms with Crippen molar-refractivity contribution in [3.63, 3.8) is 0 Å². The maximum Gasteiger partial charge on any atom is 0.0293 e. The van der Waals surface area contributed by atoms with Crippen LogP contribution in [-0.2, 0) is 0 Å². The van der Waals surface area contributed by atoms with Crippen LogP contribution in [0.4, 0.5) is 0 Å². The van der Waals surface area contributed by atoms with Gasteiger partial charge in [0.2, 0.25) is 0 Å². The van der Waals surface area contributed by atoms with Gasteiger partial charge in [-0.25, -0.2) is 0 Å². The van der Waals surface area contributed by atoms with E-state index in [9.17, 15) is 0 Å². The second-order valence-electron chi connectivity index (χ2n) is 2.82. The van der Waals surface area contributed by atoms with E-state index in [4.69, 9.17) is 11.6 Å². The molecule has 0 saturated heterocycles. The van der Waals surface area contributed by atoms with E-state index in [1.54, 1.807) is 6.20 Å². The van der Waals surface area contributed by atoms with Crippen LogP contribution >= 0.6 is 0 Å². The van der Waals surface area contributed by atoms with Crippen molar-refractivity contribution in [2.75, 3.05) is 13.1 Å². The number of nitrogens with two attached hydrogens (primary N) is 2. The lowest BCUT2D eigenvalue weighted by molar-refractivity contribution is 0.535. The molecule has 0 aromatic heterocycles. The fraction of sp³-hybridized carbons (Fsp3) is 0.750. The summed E-state index contributed by atoms with van der Waals surface area (Å²) in [5.74, 6) is 5.12. The Bertz CT molecular complexity index is 105. The highest BCUT2D eigenvalue weighted by Gasteiger charge is 1.99. The molecule has 0 aromatic rings. The summed E-state index contributed by atoms with van der Waals surface area (Å²) in [5.41, 5.74) is 8.39. The molecule has 12 heavy (non-hydrogen) atoms. The van der Waals surface area contributed by atoms with Crippen molar-refractivity contribution in [2.45, 2.75) is 25.3 Å². The van der Waals surface area contributed by atoms with Crippen LogP contribution < -0.4 is 22.3 Å². The summed E-state index contributed by atoms with van der Waals surface area (Å²) in [6.45, 7) is 5.22. The summed E-state index contributed by atoms with van der Waals surface area (Å²) >= 11 is 0. The van der Waals surface area contributed by atoms with Crippen molar-refractivity contribution < 1.29 is 0 Å². The Morgan fingerprint density at radius 3 is 2.75 bits per heavy atom. The van der Waals surface area contributed by atoms with E-state index in [2.05, 4.69) is 17.3 Å². The van der Waals surface area contributed by atoms with E-state index in [0.29, 0.717) is 0 Å². The largest absolute Gasteiger partial charge is 0.390 e. The Hall–Kier alpha value is -0.580. The van der Waals surface area contributed by atoms with Crippen molar-refractivity contribution in [2.24, 2.45) is 11.6 Å². The van der Waals surface area contributed by atoms with Crippen LogP contribution in [0.1, 0.15) is 19.3 Å². The van der Waals surface area contributed by atoms with Gasteiger partial charge in [-0.2, -0.15) is 0 Å². The molecule has 1 atom stereocenters. The van der Waals surface area contributed by atoms with Gasteiger partial charge < -0.3 is 11.1 Å². The molecule has 0 aliphatic heterocycles. The van der Waals surface area contributed by atoms with Crippen LogP contribution in [0.25, 0.3) is 0 Å². The van der Waals surface area contributed by atoms with E-state index in [1.165, 1.54) is 0 Å². The Morgan fingerprint density at radius 2 is 2.17 bits per heavy atom. The first-order valence-corrected chi connectivity index (χ1v) is 4.34. The molecule has 0 amide bonds. The van der Waals surface area contributed by atoms with E-state index in [-0.39, 0.29) is 6.04 Å². The van der Waals surface area contributed by atoms with Crippen LogP contribution in [0.15, 0.2) is 12.8 Å². The monoisotopic (exact) mass is 172 g/mol. The summed E-state index contributed by atoms with van der Waals surface area (Å²) in [5, 5.41) is 2.99. The zero-order valence-electron chi connectivity index (χ0n) is 7.55. The van der Waals surface area contributed by atoms with Crippen molar-refractivity contribution in [3.8, 4) is 0 Å². The molecule has 0 heterocycles. The zero-order valence-corrected chi connectivity index (χ0v) is 7.55. The number of hydrogen-bond acceptors (Lipinski definition) is 4. The zero-order chi connectivity index (χ0) is 9.23. The fourth-order valence-electron chi connectivity index (χ4n) is 0.970. The van der Waals surface area contributed by atoms with Crippen LogP contribution in [0.3, 0.4) is 0 Å². The fourth-order valence-corrected chi connectivity index (χ4v) is 0.970. The van der Waals surface area contributed by atoms with Crippen LogP contribution in [0.5, 0.6) is 0 Å². The second kappa shape index (κ2) is 8.52. The first-order valence-electron chi connectivity index (χ1n) is 4.34. The lowest BCUT2D eigenvalue weighted by Crippen LogP contribution is -2.31. The first-order chi connectivity index (χ1) is 5.81. The molecule has 0 aliphatic carbocycles. The molecule has 1 unspecified atom stereocenters. The van der Waals surface area contributed by atoms with Crippen molar-refractivity contribution in [3.05, 3.63) is 12.8 Å². The van der Waals surface area contributed by atoms with Gasteiger partial charge in [0.25, 0.3) is 0 Å². The van der Waals surface area contributed by atoms with Gasteiger partial charge in [-0.15, -0.1) is 0 Å². The quantitative estimate of drug-likeness (QED) is 0.230. The Balaban J connectivity index is 3.07. The molecule has 72 valence electrons. The highest BCUT2D eigenvalue weighted by molar-refractivity contribution is 4.70. The van der Waals surface area contributed by atoms with Crippen LogP contribution in [0, 0.1) is 0 Å². The smallest absolute Gasteiger partial charge is 0.0293 e. The normalized spacial score (nSPS) is 12.5. The van der Waals surface area contributed by atoms with E-state index in [1.807, 2.05) is 0 Å². The predicted molar refractivity (Wildman–Crippen MR) is 52.2 cm³/mol. The van der Waals surface area contributed by atoms with E-state index >= 15 is 0 Å². The minimum atomic E-state index is 0.223. The maximum atomic E-state index is 5.78. The molecule has 0 bridgehead atoms. The molecular weight excluding hydrogens is 152 g/mol. The van der Waals surface area contributed by atoms with Gasteiger partial charge in [0, 0.05) is 19.1 Å². The molecule has 4 heteroatoms. The van der Waals surface area contributed by atoms with Gasteiger partial charge in [0.1, 0.15) is 0 Å². The summed E-state index contributed by atoms with van der Waals surface area (Å²) < 4.78 is 0. The lowest BCUT2D eigenvalue weighted by Gasteiger charge is -2.10. The molecule has 0 aliphatic rings. The summed E-state index contributed by atoms with van der Waals surface area (Å²) in [4.78, 5) is 0. The van der Waals surface area contributed by atoms with Crippen molar-refractivity contribution in [1.29, 1.82) is 0 Å². The predicted octanol–water partition coefficient (Wildman–Crippen LogP) is -0.320. The third kappa shape index (κ3) is 7.53. The third-order valence-corrected chi connectivity index (χ3v) is 1.67. The first kappa shape index (κ1) is 11.4. The van der Waals surface area contributed by atoms with Gasteiger partial charge in [0.15, 0.2) is 0 Å². The SMILES string of the molecule is C=CNCC(N)CCCCNN. The summed E-state index contributed by atoms with van der Waals surface area (Å²) in [7, 11) is 0. The third-order valence-electron chi connectivity index (χ3n) is 1.67. The van der Waals surface area contributed by atoms with Crippen molar-refractivity contribution in [1.82, 2.24) is 10.7 Å². The Morgan fingerprint density at radius 1 is 1.42 bits per heavy atom. The summed E-state index contributed by atoms with van der Waals surface area (Å²) in [6.07, 6.45) is 4.90. The van der Waals surface area contributed by atoms with Crippen LogP contribution in [0.2, 0.25) is 0 Å². The van der Waals surface area contributed by atoms with E-state index < -0.39 is 0 Å². The van der Waals surface area contributed by atoms with Gasteiger partial charge in [0.05, 0.1) is 0 Å². The number of unbranched alkanes of at least 4 members (excludes halogenated alkanes) is 1. The average Bonchev–Trinajstić information content (AvgIpc) is 2.09. The minimum Gasteiger partial charge on any atom is -0.390 e. The molecule has 0 saturated carbocycles. The highest BCUT2D eigenvalue weighted by Crippen LogP contribution is 1.96. The maximum absolute atomic E-state index is 5.78. The molecule has 0 aromatic carbocycles. The second-order valence-corrected chi connectivity index (χ2v) is 2.82. The molecule has 0 radical (unpaired) electrons. The van der Waals surface area contributed by atoms with Gasteiger partial charge >= 0.3 is 0 Å². The van der Waals surface area contributed by atoms with Gasteiger partial charge in [-0.3, -0.25) is 11.3 Å². The van der Waals surface area contributed by atoms with E-state index in [0.717, 1.165) is 32.4 Å². The highest BCUT2D eigenvalue weighted by atomic mass is 15.2. The number of hydrazine groups is 1. The number of rotatable bonds is 8. The van der Waals surface area contributed by atoms with Crippen molar-refractivity contribution >= 4 is 0 Å². The topological polar surface area (TPSA) is 76.1 Å². The van der Waals surface area contributed by atoms with Gasteiger partial charge in [-0.1, -0.05) is 13.0 Å². The standard InChI is InChI=1S/C8H20N4/c1-2-11-7-8(9)5-3-4-6-12-10/h2,8,11-12H,1,3-7,9-10H2. The number of nitrogens with one attached hydrogen (secondary N) is 2. The molecule has 0 fully saturated rings.